The van der Waals surface area contributed by atoms with E-state index in [1.54, 1.807) is 0 Å². The minimum Gasteiger partial charge on any atom is -0.490 e. The zero-order valence-corrected chi connectivity index (χ0v) is 23.1. The molecule has 3 atom stereocenters. The van der Waals surface area contributed by atoms with Crippen LogP contribution in [0.25, 0.3) is 10.8 Å². The van der Waals surface area contributed by atoms with Crippen LogP contribution in [0.15, 0.2) is 78.9 Å². The molecule has 5 rings (SSSR count). The van der Waals surface area contributed by atoms with Gasteiger partial charge >= 0.3 is 5.97 Å². The lowest BCUT2D eigenvalue weighted by Gasteiger charge is -2.34. The van der Waals surface area contributed by atoms with Crippen molar-refractivity contribution >= 4 is 29.1 Å². The first-order chi connectivity index (χ1) is 17.9. The molecule has 0 radical (unpaired) electrons. The first-order valence-electron chi connectivity index (χ1n) is 13.2. The van der Waals surface area contributed by atoms with Crippen LogP contribution in [0.2, 0.25) is 0 Å². The molecule has 0 spiro atoms. The molecule has 0 saturated carbocycles. The van der Waals surface area contributed by atoms with Crippen molar-refractivity contribution in [1.29, 1.82) is 0 Å². The molecule has 0 fully saturated rings. The molecule has 0 aromatic heterocycles. The van der Waals surface area contributed by atoms with Crippen molar-refractivity contribution in [3.05, 3.63) is 112 Å². The molecule has 0 bridgehead atoms. The second-order valence-electron chi connectivity index (χ2n) is 10.2. The second-order valence-corrected chi connectivity index (χ2v) is 10.2. The number of carboxylic acids is 1. The predicted molar refractivity (Wildman–Crippen MR) is 157 cm³/mol. The van der Waals surface area contributed by atoms with E-state index in [0.29, 0.717) is 5.56 Å². The van der Waals surface area contributed by atoms with Crippen molar-refractivity contribution in [2.75, 3.05) is 6.54 Å². The SMILES string of the molecule is Cc1ccc([C@@H]2C[C@H](CCCN[C@H](C)c3cccc4ccccc34)Oc3ccccc32)c(C)c1C(=O)O.Cl. The van der Waals surface area contributed by atoms with Crippen LogP contribution in [-0.4, -0.2) is 23.7 Å². The molecule has 1 aliphatic heterocycles. The number of para-hydroxylation sites is 1. The smallest absolute Gasteiger partial charge is 0.336 e. The topological polar surface area (TPSA) is 58.6 Å². The van der Waals surface area contributed by atoms with Crippen molar-refractivity contribution in [3.63, 3.8) is 0 Å². The standard InChI is InChI=1S/C33H35NO3.ClH/c1-21-17-18-26(22(2)32(21)33(35)36)30-20-25(37-31-16-7-6-14-29(30)31)12-9-19-34-23(3)27-15-8-11-24-10-4-5-13-28(24)27;/h4-8,10-11,13-18,23,25,30,34H,9,12,19-20H2,1-3H3,(H,35,36);1H/t23-,25+,30+;/m1./s1. The van der Waals surface area contributed by atoms with Crippen LogP contribution in [0.1, 0.15) is 76.3 Å². The number of carboxylic acid groups (broad SMARTS) is 1. The number of carbonyl (C=O) groups is 1. The first kappa shape index (κ1) is 27.7. The van der Waals surface area contributed by atoms with E-state index >= 15 is 0 Å². The highest BCUT2D eigenvalue weighted by atomic mass is 35.5. The molecule has 0 aliphatic carbocycles. The highest BCUT2D eigenvalue weighted by Gasteiger charge is 2.31. The molecule has 4 nitrogen and oxygen atoms in total. The van der Waals surface area contributed by atoms with Gasteiger partial charge in [0.15, 0.2) is 0 Å². The number of ether oxygens (including phenoxy) is 1. The van der Waals surface area contributed by atoms with E-state index in [2.05, 4.69) is 66.8 Å². The third-order valence-corrected chi connectivity index (χ3v) is 7.83. The fourth-order valence-corrected chi connectivity index (χ4v) is 5.92. The number of benzene rings is 4. The molecule has 38 heavy (non-hydrogen) atoms. The Labute approximate surface area is 231 Å². The molecule has 4 aromatic carbocycles. The van der Waals surface area contributed by atoms with Crippen LogP contribution in [0.3, 0.4) is 0 Å². The van der Waals surface area contributed by atoms with Crippen LogP contribution >= 0.6 is 12.4 Å². The van der Waals surface area contributed by atoms with E-state index in [4.69, 9.17) is 4.74 Å². The van der Waals surface area contributed by atoms with Gasteiger partial charge in [-0.2, -0.15) is 0 Å². The lowest BCUT2D eigenvalue weighted by atomic mass is 9.80. The van der Waals surface area contributed by atoms with Crippen LogP contribution in [0.5, 0.6) is 5.75 Å². The lowest BCUT2D eigenvalue weighted by Crippen LogP contribution is -2.28. The number of fused-ring (bicyclic) bond motifs is 2. The maximum Gasteiger partial charge on any atom is 0.336 e. The van der Waals surface area contributed by atoms with E-state index < -0.39 is 5.97 Å². The Morgan fingerprint density at radius 2 is 1.71 bits per heavy atom. The Balaban J connectivity index is 0.00000336. The summed E-state index contributed by atoms with van der Waals surface area (Å²) in [6, 6.07) is 27.6. The van der Waals surface area contributed by atoms with E-state index in [9.17, 15) is 9.90 Å². The van der Waals surface area contributed by atoms with E-state index in [1.165, 1.54) is 16.3 Å². The lowest BCUT2D eigenvalue weighted by molar-refractivity contribution is 0.0695. The molecule has 0 unspecified atom stereocenters. The van der Waals surface area contributed by atoms with Gasteiger partial charge in [-0.3, -0.25) is 0 Å². The highest BCUT2D eigenvalue weighted by Crippen LogP contribution is 2.43. The second kappa shape index (κ2) is 12.0. The van der Waals surface area contributed by atoms with Crippen LogP contribution in [0, 0.1) is 13.8 Å². The number of aromatic carboxylic acids is 1. The van der Waals surface area contributed by atoms with Gasteiger partial charge in [-0.15, -0.1) is 12.4 Å². The third-order valence-electron chi connectivity index (χ3n) is 7.83. The fraction of sp³-hybridized carbons (Fsp3) is 0.303. The van der Waals surface area contributed by atoms with Crippen LogP contribution < -0.4 is 10.1 Å². The number of halogens is 1. The van der Waals surface area contributed by atoms with Gasteiger partial charge in [-0.25, -0.2) is 4.79 Å². The predicted octanol–water partition coefficient (Wildman–Crippen LogP) is 7.99. The quantitative estimate of drug-likeness (QED) is 0.227. The van der Waals surface area contributed by atoms with Crippen molar-refractivity contribution in [3.8, 4) is 5.75 Å². The van der Waals surface area contributed by atoms with Crippen molar-refractivity contribution in [2.24, 2.45) is 0 Å². The summed E-state index contributed by atoms with van der Waals surface area (Å²) in [5, 5.41) is 16.1. The van der Waals surface area contributed by atoms with Gasteiger partial charge in [-0.1, -0.05) is 72.8 Å². The molecule has 2 N–H and O–H groups in total. The normalized spacial score (nSPS) is 17.2. The summed E-state index contributed by atoms with van der Waals surface area (Å²) in [7, 11) is 0. The fourth-order valence-electron chi connectivity index (χ4n) is 5.92. The van der Waals surface area contributed by atoms with Gasteiger partial charge in [0.25, 0.3) is 0 Å². The van der Waals surface area contributed by atoms with Gasteiger partial charge in [-0.05, 0) is 85.7 Å². The van der Waals surface area contributed by atoms with Gasteiger partial charge in [0.05, 0.1) is 11.7 Å². The Kier molecular flexibility index (Phi) is 8.76. The zero-order chi connectivity index (χ0) is 25.9. The third kappa shape index (κ3) is 5.57. The maximum atomic E-state index is 12.0. The van der Waals surface area contributed by atoms with E-state index in [0.717, 1.165) is 53.8 Å². The molecule has 198 valence electrons. The average molecular weight is 530 g/mol. The number of nitrogens with one attached hydrogen (secondary N) is 1. The maximum absolute atomic E-state index is 12.0. The minimum atomic E-state index is -0.861. The van der Waals surface area contributed by atoms with Gasteiger partial charge < -0.3 is 15.2 Å². The first-order valence-corrected chi connectivity index (χ1v) is 13.2. The summed E-state index contributed by atoms with van der Waals surface area (Å²) in [5.41, 5.74) is 5.64. The summed E-state index contributed by atoms with van der Waals surface area (Å²) in [6.45, 7) is 6.94. The number of rotatable bonds is 8. The average Bonchev–Trinajstić information content (AvgIpc) is 2.90. The molecular weight excluding hydrogens is 494 g/mol. The van der Waals surface area contributed by atoms with Gasteiger partial charge in [0, 0.05) is 17.5 Å². The molecule has 0 saturated heterocycles. The van der Waals surface area contributed by atoms with E-state index in [1.807, 2.05) is 38.1 Å². The van der Waals surface area contributed by atoms with Crippen LogP contribution in [-0.2, 0) is 0 Å². The largest absolute Gasteiger partial charge is 0.490 e. The summed E-state index contributed by atoms with van der Waals surface area (Å²) in [4.78, 5) is 12.0. The molecule has 4 aromatic rings. The highest BCUT2D eigenvalue weighted by molar-refractivity contribution is 5.91. The van der Waals surface area contributed by atoms with Crippen molar-refractivity contribution in [1.82, 2.24) is 5.32 Å². The summed E-state index contributed by atoms with van der Waals surface area (Å²) in [6.07, 6.45) is 2.88. The Morgan fingerprint density at radius 3 is 2.53 bits per heavy atom. The monoisotopic (exact) mass is 529 g/mol. The van der Waals surface area contributed by atoms with Crippen LogP contribution in [0.4, 0.5) is 0 Å². The number of hydrogen-bond acceptors (Lipinski definition) is 3. The molecule has 5 heteroatoms. The zero-order valence-electron chi connectivity index (χ0n) is 22.2. The summed E-state index contributed by atoms with van der Waals surface area (Å²) in [5.74, 6) is 0.175. The van der Waals surface area contributed by atoms with Gasteiger partial charge in [0.2, 0.25) is 0 Å². The summed E-state index contributed by atoms with van der Waals surface area (Å²) >= 11 is 0. The van der Waals surface area contributed by atoms with Crippen molar-refractivity contribution in [2.45, 2.75) is 58.1 Å². The summed E-state index contributed by atoms with van der Waals surface area (Å²) < 4.78 is 6.43. The van der Waals surface area contributed by atoms with Gasteiger partial charge in [0.1, 0.15) is 5.75 Å². The molecular formula is C33H36ClNO3. The molecule has 1 heterocycles. The Morgan fingerprint density at radius 1 is 0.974 bits per heavy atom. The Bertz CT molecular complexity index is 1430. The molecule has 1 aliphatic rings. The number of hydrogen-bond donors (Lipinski definition) is 2. The van der Waals surface area contributed by atoms with Crippen molar-refractivity contribution < 1.29 is 14.6 Å². The molecule has 0 amide bonds. The Hall–Kier alpha value is -3.34. The minimum absolute atomic E-state index is 0. The van der Waals surface area contributed by atoms with E-state index in [-0.39, 0.29) is 30.5 Å². The number of aryl methyl sites for hydroxylation is 1.